The highest BCUT2D eigenvalue weighted by atomic mass is 32.2. The molecule has 0 saturated carbocycles. The Morgan fingerprint density at radius 1 is 1.04 bits per heavy atom. The Kier molecular flexibility index (Phi) is 5.08. The van der Waals surface area contributed by atoms with E-state index in [4.69, 9.17) is 0 Å². The molecule has 0 radical (unpaired) electrons. The van der Waals surface area contributed by atoms with Crippen LogP contribution < -0.4 is 5.32 Å². The van der Waals surface area contributed by atoms with Crippen molar-refractivity contribution in [2.24, 2.45) is 0 Å². The molecule has 1 aromatic carbocycles. The lowest BCUT2D eigenvalue weighted by atomic mass is 10.2. The summed E-state index contributed by atoms with van der Waals surface area (Å²) < 4.78 is 27.5. The smallest absolute Gasteiger partial charge is 0.243 e. The molecule has 0 unspecified atom stereocenters. The first-order chi connectivity index (χ1) is 11.6. The fourth-order valence-electron chi connectivity index (χ4n) is 2.63. The molecular weight excluding hydrogens is 326 g/mol. The van der Waals surface area contributed by atoms with E-state index >= 15 is 0 Å². The summed E-state index contributed by atoms with van der Waals surface area (Å²) in [4.78, 5) is 10.7. The molecule has 128 valence electrons. The molecule has 24 heavy (non-hydrogen) atoms. The molecule has 1 N–H and O–H groups in total. The molecule has 2 heterocycles. The first-order valence-electron chi connectivity index (χ1n) is 7.85. The summed E-state index contributed by atoms with van der Waals surface area (Å²) in [6.07, 6.45) is 3.28. The number of rotatable bonds is 5. The number of anilines is 1. The van der Waals surface area contributed by atoms with Crippen molar-refractivity contribution in [3.8, 4) is 0 Å². The Labute approximate surface area is 142 Å². The van der Waals surface area contributed by atoms with E-state index in [-0.39, 0.29) is 0 Å². The first kappa shape index (κ1) is 16.8. The number of nitrogens with zero attached hydrogens (tertiary/aromatic N) is 4. The molecule has 1 fully saturated rings. The van der Waals surface area contributed by atoms with E-state index < -0.39 is 10.0 Å². The third kappa shape index (κ3) is 3.72. The zero-order chi connectivity index (χ0) is 17.0. The summed E-state index contributed by atoms with van der Waals surface area (Å²) in [5.74, 6) is 0.476. The largest absolute Gasteiger partial charge is 0.350 e. The summed E-state index contributed by atoms with van der Waals surface area (Å²) >= 11 is 0. The van der Waals surface area contributed by atoms with Crippen molar-refractivity contribution < 1.29 is 8.42 Å². The summed E-state index contributed by atoms with van der Waals surface area (Å²) in [6, 6.07) is 8.81. The van der Waals surface area contributed by atoms with Crippen LogP contribution in [0.2, 0.25) is 0 Å². The van der Waals surface area contributed by atoms with Gasteiger partial charge in [0.05, 0.1) is 4.90 Å². The molecule has 1 aliphatic rings. The molecule has 0 amide bonds. The molecule has 1 saturated heterocycles. The Morgan fingerprint density at radius 2 is 1.71 bits per heavy atom. The highest BCUT2D eigenvalue weighted by Gasteiger charge is 2.29. The Balaban J connectivity index is 1.80. The third-order valence-corrected chi connectivity index (χ3v) is 6.05. The fourth-order valence-corrected chi connectivity index (χ4v) is 4.28. The van der Waals surface area contributed by atoms with Crippen molar-refractivity contribution in [1.29, 1.82) is 0 Å². The Morgan fingerprint density at radius 3 is 2.42 bits per heavy atom. The van der Waals surface area contributed by atoms with E-state index in [0.29, 0.717) is 36.0 Å². The van der Waals surface area contributed by atoms with Crippen molar-refractivity contribution in [3.63, 3.8) is 0 Å². The molecule has 1 aromatic heterocycles. The van der Waals surface area contributed by atoms with Gasteiger partial charge in [0, 0.05) is 45.1 Å². The van der Waals surface area contributed by atoms with E-state index in [0.717, 1.165) is 13.1 Å². The topological polar surface area (TPSA) is 78.4 Å². The van der Waals surface area contributed by atoms with Gasteiger partial charge in [-0.25, -0.2) is 18.4 Å². The van der Waals surface area contributed by atoms with E-state index in [1.807, 2.05) is 19.2 Å². The monoisotopic (exact) mass is 347 g/mol. The molecule has 1 aliphatic heterocycles. The molecule has 0 bridgehead atoms. The van der Waals surface area contributed by atoms with Gasteiger partial charge in [-0.1, -0.05) is 18.2 Å². The summed E-state index contributed by atoms with van der Waals surface area (Å²) in [6.45, 7) is 2.88. The average molecular weight is 347 g/mol. The fraction of sp³-hybridized carbons (Fsp3) is 0.375. The summed E-state index contributed by atoms with van der Waals surface area (Å²) in [5.41, 5.74) is 0.712. The van der Waals surface area contributed by atoms with E-state index in [9.17, 15) is 8.42 Å². The highest BCUT2D eigenvalue weighted by molar-refractivity contribution is 7.89. The van der Waals surface area contributed by atoms with Gasteiger partial charge in [-0.15, -0.1) is 0 Å². The van der Waals surface area contributed by atoms with Gasteiger partial charge in [-0.3, -0.25) is 0 Å². The summed E-state index contributed by atoms with van der Waals surface area (Å²) in [7, 11) is -1.49. The maximum absolute atomic E-state index is 13.0. The van der Waals surface area contributed by atoms with Crippen LogP contribution in [0, 0.1) is 0 Å². The lowest BCUT2D eigenvalue weighted by Crippen LogP contribution is -2.47. The Hall–Kier alpha value is -2.03. The van der Waals surface area contributed by atoms with Crippen LogP contribution in [-0.2, 0) is 16.6 Å². The van der Waals surface area contributed by atoms with Crippen LogP contribution in [0.5, 0.6) is 0 Å². The molecule has 3 rings (SSSR count). The maximum Gasteiger partial charge on any atom is 0.243 e. The van der Waals surface area contributed by atoms with Crippen LogP contribution in [0.15, 0.2) is 47.6 Å². The molecule has 0 spiro atoms. The first-order valence-corrected chi connectivity index (χ1v) is 9.29. The van der Waals surface area contributed by atoms with Crippen LogP contribution in [-0.4, -0.2) is 60.8 Å². The standard InChI is InChI=1S/C16H21N5O2S/c1-20-9-11-21(12-10-20)24(22,23)15-6-3-2-5-14(15)13-19-16-17-7-4-8-18-16/h2-8H,9-13H2,1H3,(H,17,18,19). The minimum atomic E-state index is -3.49. The van der Waals surface area contributed by atoms with Crippen LogP contribution >= 0.6 is 0 Å². The van der Waals surface area contributed by atoms with Crippen LogP contribution in [0.4, 0.5) is 5.95 Å². The normalized spacial score (nSPS) is 16.9. The quantitative estimate of drug-likeness (QED) is 0.870. The second-order valence-electron chi connectivity index (χ2n) is 5.74. The molecule has 8 heteroatoms. The SMILES string of the molecule is CN1CCN(S(=O)(=O)c2ccccc2CNc2ncccn2)CC1. The predicted octanol–water partition coefficient (Wildman–Crippen LogP) is 1.02. The highest BCUT2D eigenvalue weighted by Crippen LogP contribution is 2.22. The lowest BCUT2D eigenvalue weighted by molar-refractivity contribution is 0.222. The van der Waals surface area contributed by atoms with Crippen LogP contribution in [0.1, 0.15) is 5.56 Å². The summed E-state index contributed by atoms with van der Waals surface area (Å²) in [5, 5.41) is 3.07. The third-order valence-electron chi connectivity index (χ3n) is 4.06. The molecular formula is C16H21N5O2S. The van der Waals surface area contributed by atoms with Crippen molar-refractivity contribution in [3.05, 3.63) is 48.3 Å². The second kappa shape index (κ2) is 7.25. The van der Waals surface area contributed by atoms with E-state index in [1.165, 1.54) is 0 Å². The minimum absolute atomic E-state index is 0.345. The second-order valence-corrected chi connectivity index (χ2v) is 7.65. The molecule has 2 aromatic rings. The zero-order valence-electron chi connectivity index (χ0n) is 13.6. The number of piperazine rings is 1. The van der Waals surface area contributed by atoms with Gasteiger partial charge in [0.2, 0.25) is 16.0 Å². The Bertz CT molecular complexity index is 774. The maximum atomic E-state index is 13.0. The number of hydrogen-bond acceptors (Lipinski definition) is 6. The van der Waals surface area contributed by atoms with Gasteiger partial charge in [-0.05, 0) is 24.7 Å². The average Bonchev–Trinajstić information content (AvgIpc) is 2.61. The minimum Gasteiger partial charge on any atom is -0.350 e. The van der Waals surface area contributed by atoms with Gasteiger partial charge < -0.3 is 10.2 Å². The van der Waals surface area contributed by atoms with Gasteiger partial charge in [0.25, 0.3) is 0 Å². The van der Waals surface area contributed by atoms with E-state index in [2.05, 4.69) is 20.2 Å². The number of aromatic nitrogens is 2. The molecule has 7 nitrogen and oxygen atoms in total. The molecule has 0 atom stereocenters. The lowest BCUT2D eigenvalue weighted by Gasteiger charge is -2.32. The van der Waals surface area contributed by atoms with Gasteiger partial charge in [0.15, 0.2) is 0 Å². The number of likely N-dealkylation sites (N-methyl/N-ethyl adjacent to an activating group) is 1. The van der Waals surface area contributed by atoms with Crippen molar-refractivity contribution in [1.82, 2.24) is 19.2 Å². The number of benzene rings is 1. The number of nitrogens with one attached hydrogen (secondary N) is 1. The van der Waals surface area contributed by atoms with Crippen LogP contribution in [0.25, 0.3) is 0 Å². The van der Waals surface area contributed by atoms with E-state index in [1.54, 1.807) is 34.9 Å². The van der Waals surface area contributed by atoms with Crippen molar-refractivity contribution in [2.45, 2.75) is 11.4 Å². The van der Waals surface area contributed by atoms with Gasteiger partial charge in [0.1, 0.15) is 0 Å². The number of sulfonamides is 1. The molecule has 0 aliphatic carbocycles. The predicted molar refractivity (Wildman–Crippen MR) is 92.1 cm³/mol. The number of hydrogen-bond donors (Lipinski definition) is 1. The zero-order valence-corrected chi connectivity index (χ0v) is 14.4. The van der Waals surface area contributed by atoms with Crippen molar-refractivity contribution >= 4 is 16.0 Å². The van der Waals surface area contributed by atoms with Crippen LogP contribution in [0.3, 0.4) is 0 Å². The van der Waals surface area contributed by atoms with Gasteiger partial charge >= 0.3 is 0 Å². The van der Waals surface area contributed by atoms with Gasteiger partial charge in [-0.2, -0.15) is 4.31 Å². The van der Waals surface area contributed by atoms with Crippen molar-refractivity contribution in [2.75, 3.05) is 38.5 Å².